The van der Waals surface area contributed by atoms with E-state index < -0.39 is 0 Å². The molecule has 0 aliphatic rings. The maximum atomic E-state index is 9.65. The van der Waals surface area contributed by atoms with Gasteiger partial charge in [0, 0.05) is 4.90 Å². The van der Waals surface area contributed by atoms with Crippen molar-refractivity contribution in [3.63, 3.8) is 0 Å². The Hall–Kier alpha value is -0.550. The van der Waals surface area contributed by atoms with Gasteiger partial charge in [-0.05, 0) is 31.9 Å². The molecule has 13 heavy (non-hydrogen) atoms. The number of benzene rings is 1. The molecule has 0 bridgehead atoms. The molecule has 0 N–H and O–H groups in total. The minimum Gasteiger partial charge on any atom is -0.691 e. The smallest absolute Gasteiger partial charge is 0.0679 e. The molecule has 0 fully saturated rings. The highest BCUT2D eigenvalue weighted by atomic mass is 32.2. The van der Waals surface area contributed by atoms with E-state index in [1.165, 1.54) is 5.56 Å². The number of hydrogen-bond acceptors (Lipinski definition) is 4. The van der Waals surface area contributed by atoms with Gasteiger partial charge in [0.1, 0.15) is 0 Å². The Balaban J connectivity index is 2.92. The van der Waals surface area contributed by atoms with Gasteiger partial charge in [0.25, 0.3) is 0 Å². The standard InChI is InChI=1S/C9H12O3S/c1-6-4-7(2)9(8(3)5-6)13-12-11-10/h4-5,10H,1-3H3/p-1. The lowest BCUT2D eigenvalue weighted by atomic mass is 10.1. The van der Waals surface area contributed by atoms with Gasteiger partial charge in [-0.25, -0.2) is 0 Å². The quantitative estimate of drug-likeness (QED) is 0.423. The summed E-state index contributed by atoms with van der Waals surface area (Å²) in [5, 5.41) is 12.9. The zero-order valence-electron chi connectivity index (χ0n) is 7.79. The fourth-order valence-corrected chi connectivity index (χ4v) is 1.82. The lowest BCUT2D eigenvalue weighted by Gasteiger charge is -2.10. The topological polar surface area (TPSA) is 41.5 Å². The molecular weight excluding hydrogens is 188 g/mol. The fraction of sp³-hybridized carbons (Fsp3) is 0.333. The highest BCUT2D eigenvalue weighted by Crippen LogP contribution is 2.27. The fourth-order valence-electron chi connectivity index (χ4n) is 1.35. The van der Waals surface area contributed by atoms with Gasteiger partial charge in [0.05, 0.1) is 12.0 Å². The van der Waals surface area contributed by atoms with Crippen molar-refractivity contribution in [1.29, 1.82) is 0 Å². The van der Waals surface area contributed by atoms with E-state index in [0.29, 0.717) is 0 Å². The monoisotopic (exact) mass is 199 g/mol. The average Bonchev–Trinajstić information content (AvgIpc) is 2.02. The first-order chi connectivity index (χ1) is 6.15. The molecular formula is C9H11O3S-. The van der Waals surface area contributed by atoms with Crippen LogP contribution in [0.2, 0.25) is 0 Å². The van der Waals surface area contributed by atoms with Crippen molar-refractivity contribution in [2.75, 3.05) is 0 Å². The molecule has 0 aliphatic carbocycles. The largest absolute Gasteiger partial charge is 0.691 e. The van der Waals surface area contributed by atoms with E-state index in [-0.39, 0.29) is 0 Å². The normalized spacial score (nSPS) is 10.5. The third kappa shape index (κ3) is 2.70. The first-order valence-corrected chi connectivity index (χ1v) is 4.60. The van der Waals surface area contributed by atoms with E-state index in [9.17, 15) is 5.26 Å². The van der Waals surface area contributed by atoms with Crippen molar-refractivity contribution in [2.24, 2.45) is 0 Å². The second-order valence-corrected chi connectivity index (χ2v) is 3.66. The predicted molar refractivity (Wildman–Crippen MR) is 48.7 cm³/mol. The van der Waals surface area contributed by atoms with E-state index in [1.807, 2.05) is 32.9 Å². The first kappa shape index (κ1) is 10.5. The second-order valence-electron chi connectivity index (χ2n) is 2.95. The lowest BCUT2D eigenvalue weighted by Crippen LogP contribution is -2.01. The van der Waals surface area contributed by atoms with Gasteiger partial charge < -0.3 is 5.26 Å². The molecule has 1 aromatic rings. The Bertz CT molecular complexity index is 276. The summed E-state index contributed by atoms with van der Waals surface area (Å²) in [6.45, 7) is 5.96. The number of hydrogen-bond donors (Lipinski definition) is 0. The molecule has 0 amide bonds. The molecule has 0 aromatic heterocycles. The van der Waals surface area contributed by atoms with Crippen molar-refractivity contribution >= 4 is 12.0 Å². The van der Waals surface area contributed by atoms with Crippen LogP contribution in [0.1, 0.15) is 16.7 Å². The van der Waals surface area contributed by atoms with Crippen LogP contribution in [-0.2, 0) is 9.37 Å². The molecule has 0 spiro atoms. The van der Waals surface area contributed by atoms with Crippen molar-refractivity contribution in [3.8, 4) is 0 Å². The summed E-state index contributed by atoms with van der Waals surface area (Å²) in [7, 11) is 0. The van der Waals surface area contributed by atoms with Crippen LogP contribution >= 0.6 is 12.0 Å². The van der Waals surface area contributed by atoms with Crippen LogP contribution < -0.4 is 5.26 Å². The van der Waals surface area contributed by atoms with E-state index in [1.54, 1.807) is 0 Å². The van der Waals surface area contributed by atoms with Gasteiger partial charge in [-0.1, -0.05) is 17.7 Å². The predicted octanol–water partition coefficient (Wildman–Crippen LogP) is 1.84. The summed E-state index contributed by atoms with van der Waals surface area (Å²) < 4.78 is 4.28. The maximum Gasteiger partial charge on any atom is 0.0679 e. The van der Waals surface area contributed by atoms with E-state index in [0.717, 1.165) is 28.1 Å². The molecule has 0 aliphatic heterocycles. The van der Waals surface area contributed by atoms with Crippen molar-refractivity contribution in [2.45, 2.75) is 25.7 Å². The van der Waals surface area contributed by atoms with Crippen LogP contribution in [0.15, 0.2) is 17.0 Å². The van der Waals surface area contributed by atoms with Gasteiger partial charge in [0.2, 0.25) is 0 Å². The van der Waals surface area contributed by atoms with Gasteiger partial charge in [-0.15, -0.1) is 0 Å². The number of aryl methyl sites for hydroxylation is 3. The molecule has 0 unspecified atom stereocenters. The van der Waals surface area contributed by atoms with Crippen molar-refractivity contribution in [3.05, 3.63) is 28.8 Å². The summed E-state index contributed by atoms with van der Waals surface area (Å²) in [4.78, 5) is 0.932. The Morgan fingerprint density at radius 1 is 1.15 bits per heavy atom. The van der Waals surface area contributed by atoms with Gasteiger partial charge in [-0.2, -0.15) is 4.33 Å². The summed E-state index contributed by atoms with van der Waals surface area (Å²) >= 11 is 0.948. The SMILES string of the molecule is Cc1cc(C)c(SOO[O-])c(C)c1. The van der Waals surface area contributed by atoms with Crippen molar-refractivity contribution in [1.82, 2.24) is 0 Å². The highest BCUT2D eigenvalue weighted by molar-refractivity contribution is 7.94. The lowest BCUT2D eigenvalue weighted by molar-refractivity contribution is -0.777. The Morgan fingerprint density at radius 3 is 2.15 bits per heavy atom. The van der Waals surface area contributed by atoms with Crippen LogP contribution in [0.5, 0.6) is 0 Å². The van der Waals surface area contributed by atoms with Crippen LogP contribution in [0.25, 0.3) is 0 Å². The van der Waals surface area contributed by atoms with Crippen LogP contribution in [0.4, 0.5) is 0 Å². The molecule has 72 valence electrons. The van der Waals surface area contributed by atoms with Gasteiger partial charge in [-0.3, -0.25) is 5.04 Å². The summed E-state index contributed by atoms with van der Waals surface area (Å²) in [6, 6.07) is 4.06. The molecule has 3 nitrogen and oxygen atoms in total. The zero-order valence-corrected chi connectivity index (χ0v) is 8.60. The molecule has 0 saturated carbocycles. The van der Waals surface area contributed by atoms with E-state index in [2.05, 4.69) is 9.37 Å². The molecule has 0 radical (unpaired) electrons. The summed E-state index contributed by atoms with van der Waals surface area (Å²) in [5.74, 6) is 0. The first-order valence-electron chi connectivity index (χ1n) is 3.86. The van der Waals surface area contributed by atoms with E-state index >= 15 is 0 Å². The molecule has 0 heterocycles. The van der Waals surface area contributed by atoms with Gasteiger partial charge >= 0.3 is 0 Å². The molecule has 1 rings (SSSR count). The summed E-state index contributed by atoms with van der Waals surface area (Å²) in [6.07, 6.45) is 0. The minimum absolute atomic E-state index is 0.932. The van der Waals surface area contributed by atoms with Crippen molar-refractivity contribution < 1.29 is 14.6 Å². The maximum absolute atomic E-state index is 9.65. The number of rotatable bonds is 3. The third-order valence-electron chi connectivity index (χ3n) is 1.75. The molecule has 0 saturated heterocycles. The zero-order chi connectivity index (χ0) is 9.84. The highest BCUT2D eigenvalue weighted by Gasteiger charge is 2.04. The third-order valence-corrected chi connectivity index (χ3v) is 2.68. The Morgan fingerprint density at radius 2 is 1.69 bits per heavy atom. The Labute approximate surface area is 81.7 Å². The van der Waals surface area contributed by atoms with Crippen LogP contribution in [-0.4, -0.2) is 0 Å². The molecule has 0 atom stereocenters. The van der Waals surface area contributed by atoms with Crippen LogP contribution in [0.3, 0.4) is 0 Å². The molecule has 4 heteroatoms. The minimum atomic E-state index is 0.932. The average molecular weight is 199 g/mol. The second kappa shape index (κ2) is 4.62. The Kier molecular flexibility index (Phi) is 3.74. The van der Waals surface area contributed by atoms with E-state index in [4.69, 9.17) is 0 Å². The summed E-state index contributed by atoms with van der Waals surface area (Å²) in [5.41, 5.74) is 3.36. The van der Waals surface area contributed by atoms with Gasteiger partial charge in [0.15, 0.2) is 0 Å². The van der Waals surface area contributed by atoms with Crippen LogP contribution in [0, 0.1) is 20.8 Å². The molecule has 1 aromatic carbocycles.